The quantitative estimate of drug-likeness (QED) is 0.487. The van der Waals surface area contributed by atoms with Crippen LogP contribution in [0.15, 0.2) is 24.3 Å². The van der Waals surface area contributed by atoms with Gasteiger partial charge in [-0.15, -0.1) is 0 Å². The zero-order chi connectivity index (χ0) is 21.1. The van der Waals surface area contributed by atoms with Crippen molar-refractivity contribution in [2.75, 3.05) is 4.90 Å². The predicted molar refractivity (Wildman–Crippen MR) is 102 cm³/mol. The molecule has 6 amide bonds. The first kappa shape index (κ1) is 19.5. The van der Waals surface area contributed by atoms with Crippen LogP contribution in [0.1, 0.15) is 20.3 Å². The van der Waals surface area contributed by atoms with Gasteiger partial charge in [0, 0.05) is 11.1 Å². The van der Waals surface area contributed by atoms with E-state index in [1.807, 2.05) is 13.8 Å². The third kappa shape index (κ3) is 2.76. The van der Waals surface area contributed by atoms with Crippen molar-refractivity contribution in [2.45, 2.75) is 31.8 Å². The fourth-order valence-electron chi connectivity index (χ4n) is 4.53. The molecule has 9 nitrogen and oxygen atoms in total. The monoisotopic (exact) mass is 418 g/mol. The topological polar surface area (TPSA) is 125 Å². The number of carbonyl (C=O) groups is 5. The predicted octanol–water partition coefficient (Wildman–Crippen LogP) is 0.568. The average Bonchev–Trinajstić information content (AvgIpc) is 3.09. The van der Waals surface area contributed by atoms with Gasteiger partial charge in [0.05, 0.1) is 17.5 Å². The van der Waals surface area contributed by atoms with Crippen LogP contribution in [0.5, 0.6) is 0 Å². The van der Waals surface area contributed by atoms with E-state index in [4.69, 9.17) is 11.6 Å². The first-order valence-corrected chi connectivity index (χ1v) is 9.62. The van der Waals surface area contributed by atoms with Crippen molar-refractivity contribution < 1.29 is 24.0 Å². The molecule has 1 aromatic rings. The summed E-state index contributed by atoms with van der Waals surface area (Å²) >= 11 is 5.90. The summed E-state index contributed by atoms with van der Waals surface area (Å²) in [6.07, 6.45) is 0.463. The molecule has 1 aromatic carbocycles. The number of benzene rings is 1. The minimum Gasteiger partial charge on any atom is -0.291 e. The molecule has 0 radical (unpaired) electrons. The Morgan fingerprint density at radius 3 is 2.14 bits per heavy atom. The molecule has 4 rings (SSSR count). The van der Waals surface area contributed by atoms with Crippen molar-refractivity contribution in [2.24, 2.45) is 17.8 Å². The molecule has 3 aliphatic heterocycles. The van der Waals surface area contributed by atoms with Gasteiger partial charge in [0.1, 0.15) is 0 Å². The Kier molecular flexibility index (Phi) is 4.47. The smallest absolute Gasteiger partial charge is 0.291 e. The number of imide groups is 3. The van der Waals surface area contributed by atoms with E-state index in [1.165, 1.54) is 12.1 Å². The molecule has 3 fully saturated rings. The Bertz CT molecular complexity index is 924. The van der Waals surface area contributed by atoms with Gasteiger partial charge in [-0.2, -0.15) is 0 Å². The largest absolute Gasteiger partial charge is 0.328 e. The van der Waals surface area contributed by atoms with Gasteiger partial charge in [0.15, 0.2) is 5.54 Å². The normalized spacial score (nSPS) is 28.2. The van der Waals surface area contributed by atoms with Gasteiger partial charge in [-0.1, -0.05) is 25.4 Å². The lowest BCUT2D eigenvalue weighted by Gasteiger charge is -2.34. The van der Waals surface area contributed by atoms with Gasteiger partial charge < -0.3 is 0 Å². The molecule has 0 bridgehead atoms. The van der Waals surface area contributed by atoms with Crippen LogP contribution in [0, 0.1) is 17.8 Å². The standard InChI is InChI=1S/C19H19ClN4O5/c1-8(2)7-11-12-13(19(23-11)16(27)21-18(29)22-17(19)28)15(26)24(14(12)25)10-5-3-9(20)4-6-10/h3-6,8,11-13,23H,7H2,1-2H3,(H2,21,22,27,28,29)/t11-,12-,13+/m0/s1. The lowest BCUT2D eigenvalue weighted by molar-refractivity contribution is -0.145. The molecule has 0 unspecified atom stereocenters. The molecular weight excluding hydrogens is 400 g/mol. The molecule has 152 valence electrons. The van der Waals surface area contributed by atoms with E-state index >= 15 is 0 Å². The van der Waals surface area contributed by atoms with E-state index in [2.05, 4.69) is 16.0 Å². The Hall–Kier alpha value is -2.78. The average molecular weight is 419 g/mol. The fourth-order valence-corrected chi connectivity index (χ4v) is 4.66. The second-order valence-corrected chi connectivity index (χ2v) is 8.35. The number of hydrogen-bond donors (Lipinski definition) is 3. The number of rotatable bonds is 3. The summed E-state index contributed by atoms with van der Waals surface area (Å²) in [5.41, 5.74) is -1.71. The maximum Gasteiger partial charge on any atom is 0.328 e. The number of nitrogens with zero attached hydrogens (tertiary/aromatic N) is 1. The minimum atomic E-state index is -2.02. The second-order valence-electron chi connectivity index (χ2n) is 7.92. The molecule has 29 heavy (non-hydrogen) atoms. The number of anilines is 1. The summed E-state index contributed by atoms with van der Waals surface area (Å²) in [6.45, 7) is 3.87. The van der Waals surface area contributed by atoms with Crippen LogP contribution < -0.4 is 20.9 Å². The van der Waals surface area contributed by atoms with Crippen LogP contribution in [-0.4, -0.2) is 41.2 Å². The highest BCUT2D eigenvalue weighted by Gasteiger charge is 2.72. The van der Waals surface area contributed by atoms with E-state index < -0.39 is 53.1 Å². The molecular formula is C19H19ClN4O5. The number of nitrogens with one attached hydrogen (secondary N) is 3. The van der Waals surface area contributed by atoms with Gasteiger partial charge >= 0.3 is 6.03 Å². The van der Waals surface area contributed by atoms with Crippen molar-refractivity contribution in [1.82, 2.24) is 16.0 Å². The molecule has 0 aromatic heterocycles. The highest BCUT2D eigenvalue weighted by atomic mass is 35.5. The summed E-state index contributed by atoms with van der Waals surface area (Å²) in [4.78, 5) is 64.8. The van der Waals surface area contributed by atoms with Crippen molar-refractivity contribution in [1.29, 1.82) is 0 Å². The van der Waals surface area contributed by atoms with Crippen LogP contribution in [-0.2, 0) is 19.2 Å². The SMILES string of the molecule is CC(C)C[C@@H]1NC2(C(=O)NC(=O)NC2=O)[C@H]2C(=O)N(c3ccc(Cl)cc3)C(=O)[C@@H]12. The van der Waals surface area contributed by atoms with Gasteiger partial charge in [-0.25, -0.2) is 9.69 Å². The summed E-state index contributed by atoms with van der Waals surface area (Å²) in [7, 11) is 0. The second kappa shape index (κ2) is 6.64. The maximum absolute atomic E-state index is 13.3. The lowest BCUT2D eigenvalue weighted by atomic mass is 9.77. The van der Waals surface area contributed by atoms with Crippen molar-refractivity contribution >= 4 is 46.9 Å². The van der Waals surface area contributed by atoms with Gasteiger partial charge in [-0.05, 0) is 36.6 Å². The fraction of sp³-hybridized carbons (Fsp3) is 0.421. The van der Waals surface area contributed by atoms with Gasteiger partial charge in [0.2, 0.25) is 11.8 Å². The maximum atomic E-state index is 13.3. The zero-order valence-corrected chi connectivity index (χ0v) is 16.4. The summed E-state index contributed by atoms with van der Waals surface area (Å²) in [5.74, 6) is -5.05. The third-order valence-electron chi connectivity index (χ3n) is 5.64. The molecule has 1 spiro atoms. The van der Waals surface area contributed by atoms with Crippen molar-refractivity contribution in [3.8, 4) is 0 Å². The van der Waals surface area contributed by atoms with E-state index in [9.17, 15) is 24.0 Å². The van der Waals surface area contributed by atoms with Crippen molar-refractivity contribution in [3.63, 3.8) is 0 Å². The molecule has 3 atom stereocenters. The number of fused-ring (bicyclic) bond motifs is 2. The Labute approximate surface area is 171 Å². The molecule has 0 aliphatic carbocycles. The van der Waals surface area contributed by atoms with E-state index in [-0.39, 0.29) is 5.92 Å². The number of hydrogen-bond acceptors (Lipinski definition) is 6. The van der Waals surface area contributed by atoms with Crippen LogP contribution in [0.25, 0.3) is 0 Å². The third-order valence-corrected chi connectivity index (χ3v) is 5.90. The summed E-state index contributed by atoms with van der Waals surface area (Å²) in [6, 6.07) is 4.61. The molecule has 3 aliphatic rings. The Morgan fingerprint density at radius 2 is 1.59 bits per heavy atom. The number of barbiturate groups is 1. The van der Waals surface area contributed by atoms with Crippen LogP contribution in [0.3, 0.4) is 0 Å². The van der Waals surface area contributed by atoms with E-state index in [0.717, 1.165) is 4.90 Å². The molecule has 10 heteroatoms. The number of urea groups is 1. The number of halogens is 1. The Balaban J connectivity index is 1.82. The highest BCUT2D eigenvalue weighted by Crippen LogP contribution is 2.46. The van der Waals surface area contributed by atoms with Crippen molar-refractivity contribution in [3.05, 3.63) is 29.3 Å². The first-order valence-electron chi connectivity index (χ1n) is 9.24. The minimum absolute atomic E-state index is 0.132. The molecule has 3 saturated heterocycles. The zero-order valence-electron chi connectivity index (χ0n) is 15.7. The summed E-state index contributed by atoms with van der Waals surface area (Å²) < 4.78 is 0. The Morgan fingerprint density at radius 1 is 1.00 bits per heavy atom. The molecule has 3 heterocycles. The van der Waals surface area contributed by atoms with Gasteiger partial charge in [-0.3, -0.25) is 35.1 Å². The van der Waals surface area contributed by atoms with Crippen LogP contribution in [0.4, 0.5) is 10.5 Å². The number of amides is 6. The van der Waals surface area contributed by atoms with E-state index in [0.29, 0.717) is 17.1 Å². The molecule has 0 saturated carbocycles. The van der Waals surface area contributed by atoms with Gasteiger partial charge in [0.25, 0.3) is 11.8 Å². The lowest BCUT2D eigenvalue weighted by Crippen LogP contribution is -2.74. The van der Waals surface area contributed by atoms with Crippen LogP contribution in [0.2, 0.25) is 5.02 Å². The van der Waals surface area contributed by atoms with Crippen LogP contribution >= 0.6 is 11.6 Å². The van der Waals surface area contributed by atoms with E-state index in [1.54, 1.807) is 12.1 Å². The highest BCUT2D eigenvalue weighted by molar-refractivity contribution is 6.32. The summed E-state index contributed by atoms with van der Waals surface area (Å²) in [5, 5.41) is 7.48. The first-order chi connectivity index (χ1) is 13.7. The number of carbonyl (C=O) groups excluding carboxylic acids is 5. The molecule has 3 N–H and O–H groups in total.